The lowest BCUT2D eigenvalue weighted by Gasteiger charge is -2.07. The number of hydrogen-bond acceptors (Lipinski definition) is 2. The lowest BCUT2D eigenvalue weighted by molar-refractivity contribution is 0.169. The van der Waals surface area contributed by atoms with Gasteiger partial charge in [-0.15, -0.1) is 0 Å². The second-order valence-electron chi connectivity index (χ2n) is 2.26. The van der Waals surface area contributed by atoms with Crippen molar-refractivity contribution in [2.45, 2.75) is 19.3 Å². The zero-order chi connectivity index (χ0) is 5.98. The molecule has 0 heterocycles. The van der Waals surface area contributed by atoms with Gasteiger partial charge in [-0.25, -0.2) is 0 Å². The van der Waals surface area contributed by atoms with E-state index in [1.807, 2.05) is 0 Å². The van der Waals surface area contributed by atoms with Crippen molar-refractivity contribution in [3.63, 3.8) is 0 Å². The highest BCUT2D eigenvalue weighted by atomic mass is 16.3. The van der Waals surface area contributed by atoms with Crippen LogP contribution in [0.5, 0.6) is 0 Å². The first-order valence-electron chi connectivity index (χ1n) is 3.00. The van der Waals surface area contributed by atoms with Crippen LogP contribution in [0.4, 0.5) is 0 Å². The lowest BCUT2D eigenvalue weighted by Crippen LogP contribution is -2.08. The third-order valence-electron chi connectivity index (χ3n) is 1.68. The Hall–Kier alpha value is -0.0800. The van der Waals surface area contributed by atoms with Gasteiger partial charge in [0.1, 0.15) is 0 Å². The Morgan fingerprint density at radius 2 is 2.38 bits per heavy atom. The number of rotatable bonds is 1. The van der Waals surface area contributed by atoms with Crippen LogP contribution in [0.15, 0.2) is 0 Å². The molecule has 1 unspecified atom stereocenters. The molecule has 1 radical (unpaired) electrons. The summed E-state index contributed by atoms with van der Waals surface area (Å²) in [6.45, 7) is 0.117. The summed E-state index contributed by atoms with van der Waals surface area (Å²) in [6.07, 6.45) is 3.29. The summed E-state index contributed by atoms with van der Waals surface area (Å²) in [7, 11) is 0. The summed E-state index contributed by atoms with van der Waals surface area (Å²) in [4.78, 5) is 0. The maximum atomic E-state index is 8.95. The smallest absolute Gasteiger partial charge is 0.0986 e. The molecule has 47 valence electrons. The molecule has 2 N–H and O–H groups in total. The zero-order valence-electron chi connectivity index (χ0n) is 4.80. The van der Waals surface area contributed by atoms with Gasteiger partial charge < -0.3 is 10.2 Å². The molecule has 1 aliphatic rings. The van der Waals surface area contributed by atoms with E-state index in [0.717, 1.165) is 19.3 Å². The minimum Gasteiger partial charge on any atom is -0.396 e. The van der Waals surface area contributed by atoms with Crippen LogP contribution in [0.2, 0.25) is 0 Å². The Kier molecular flexibility index (Phi) is 1.86. The number of aliphatic hydroxyl groups is 2. The van der Waals surface area contributed by atoms with E-state index in [1.54, 1.807) is 0 Å². The molecule has 1 aliphatic carbocycles. The molecule has 8 heavy (non-hydrogen) atoms. The summed E-state index contributed by atoms with van der Waals surface area (Å²) in [6, 6.07) is 0. The van der Waals surface area contributed by atoms with E-state index in [1.165, 1.54) is 0 Å². The van der Waals surface area contributed by atoms with Crippen LogP contribution < -0.4 is 0 Å². The molecular formula is C6H11O2. The van der Waals surface area contributed by atoms with Gasteiger partial charge in [-0.2, -0.15) is 0 Å². The van der Waals surface area contributed by atoms with Crippen molar-refractivity contribution < 1.29 is 10.2 Å². The van der Waals surface area contributed by atoms with Crippen LogP contribution in [-0.4, -0.2) is 16.8 Å². The fourth-order valence-electron chi connectivity index (χ4n) is 1.10. The summed E-state index contributed by atoms with van der Waals surface area (Å²) in [5.74, 6) is 0.0926. The quantitative estimate of drug-likeness (QED) is 0.527. The maximum Gasteiger partial charge on any atom is 0.0986 e. The van der Waals surface area contributed by atoms with Crippen molar-refractivity contribution >= 4 is 0 Å². The Labute approximate surface area is 49.1 Å². The number of aliphatic hydroxyl groups excluding tert-OH is 2. The van der Waals surface area contributed by atoms with Gasteiger partial charge in [0, 0.05) is 12.5 Å². The summed E-state index contributed by atoms with van der Waals surface area (Å²) in [5, 5.41) is 17.5. The highest BCUT2D eigenvalue weighted by Crippen LogP contribution is 2.30. The largest absolute Gasteiger partial charge is 0.396 e. The van der Waals surface area contributed by atoms with Crippen LogP contribution >= 0.6 is 0 Å². The van der Waals surface area contributed by atoms with Crippen LogP contribution in [0.3, 0.4) is 0 Å². The molecule has 2 nitrogen and oxygen atoms in total. The Morgan fingerprint density at radius 3 is 2.62 bits per heavy atom. The van der Waals surface area contributed by atoms with Crippen molar-refractivity contribution in [1.82, 2.24) is 0 Å². The third kappa shape index (κ3) is 1.01. The molecule has 0 saturated heterocycles. The minimum atomic E-state index is 0.0926. The van der Waals surface area contributed by atoms with Gasteiger partial charge in [0.15, 0.2) is 0 Å². The predicted molar refractivity (Wildman–Crippen MR) is 29.6 cm³/mol. The molecule has 0 spiro atoms. The molecule has 0 aliphatic heterocycles. The van der Waals surface area contributed by atoms with E-state index in [2.05, 4.69) is 0 Å². The first-order chi connectivity index (χ1) is 3.84. The average molecular weight is 115 g/mol. The van der Waals surface area contributed by atoms with Crippen LogP contribution in [-0.2, 0) is 0 Å². The van der Waals surface area contributed by atoms with Gasteiger partial charge in [-0.05, 0) is 19.3 Å². The van der Waals surface area contributed by atoms with Gasteiger partial charge in [0.25, 0.3) is 0 Å². The third-order valence-corrected chi connectivity index (χ3v) is 1.68. The van der Waals surface area contributed by atoms with Crippen LogP contribution in [0, 0.1) is 12.0 Å². The molecule has 0 aromatic carbocycles. The molecule has 1 rings (SSSR count). The predicted octanol–water partition coefficient (Wildman–Crippen LogP) is 0.683. The fourth-order valence-corrected chi connectivity index (χ4v) is 1.10. The highest BCUT2D eigenvalue weighted by Gasteiger charge is 2.24. The van der Waals surface area contributed by atoms with E-state index < -0.39 is 0 Å². The van der Waals surface area contributed by atoms with E-state index in [4.69, 9.17) is 10.2 Å². The average Bonchev–Trinajstić information content (AvgIpc) is 2.14. The lowest BCUT2D eigenvalue weighted by atomic mass is 10.1. The normalized spacial score (nSPS) is 31.5. The molecule has 0 amide bonds. The molecule has 2 heteroatoms. The summed E-state index contributed by atoms with van der Waals surface area (Å²) >= 11 is 0. The molecular weight excluding hydrogens is 104 g/mol. The van der Waals surface area contributed by atoms with E-state index in [9.17, 15) is 0 Å². The Bertz CT molecular complexity index is 72.9. The summed E-state index contributed by atoms with van der Waals surface area (Å²) in [5.41, 5.74) is 0. The second kappa shape index (κ2) is 2.46. The molecule has 1 saturated carbocycles. The maximum absolute atomic E-state index is 8.95. The van der Waals surface area contributed by atoms with Gasteiger partial charge in [-0.3, -0.25) is 0 Å². The SMILES string of the molecule is OCC1CCC[C]1O. The molecule has 0 aromatic rings. The van der Waals surface area contributed by atoms with Crippen LogP contribution in [0.1, 0.15) is 19.3 Å². The van der Waals surface area contributed by atoms with E-state index in [0.29, 0.717) is 6.10 Å². The second-order valence-corrected chi connectivity index (χ2v) is 2.26. The number of hydrogen-bond donors (Lipinski definition) is 2. The van der Waals surface area contributed by atoms with Crippen molar-refractivity contribution in [3.8, 4) is 0 Å². The van der Waals surface area contributed by atoms with E-state index in [-0.39, 0.29) is 12.5 Å². The van der Waals surface area contributed by atoms with Gasteiger partial charge >= 0.3 is 0 Å². The topological polar surface area (TPSA) is 40.5 Å². The van der Waals surface area contributed by atoms with Gasteiger partial charge in [0.05, 0.1) is 6.10 Å². The van der Waals surface area contributed by atoms with Gasteiger partial charge in [-0.1, -0.05) is 0 Å². The van der Waals surface area contributed by atoms with Crippen molar-refractivity contribution in [2.24, 2.45) is 5.92 Å². The monoisotopic (exact) mass is 115 g/mol. The first-order valence-corrected chi connectivity index (χ1v) is 3.00. The van der Waals surface area contributed by atoms with Crippen molar-refractivity contribution in [1.29, 1.82) is 0 Å². The zero-order valence-corrected chi connectivity index (χ0v) is 4.80. The van der Waals surface area contributed by atoms with Crippen LogP contribution in [0.25, 0.3) is 0 Å². The van der Waals surface area contributed by atoms with Crippen molar-refractivity contribution in [2.75, 3.05) is 6.61 Å². The standard InChI is InChI=1S/C6H11O2/c7-4-5-2-1-3-6(5)8/h5,7-8H,1-4H2. The first kappa shape index (κ1) is 6.05. The summed E-state index contributed by atoms with van der Waals surface area (Å²) < 4.78 is 0. The highest BCUT2D eigenvalue weighted by molar-refractivity contribution is 4.90. The molecule has 0 bridgehead atoms. The fraction of sp³-hybridized carbons (Fsp3) is 0.833. The van der Waals surface area contributed by atoms with E-state index >= 15 is 0 Å². The van der Waals surface area contributed by atoms with Crippen molar-refractivity contribution in [3.05, 3.63) is 6.10 Å². The molecule has 1 fully saturated rings. The Balaban J connectivity index is 2.30. The van der Waals surface area contributed by atoms with Gasteiger partial charge in [0.2, 0.25) is 0 Å². The molecule has 0 aromatic heterocycles. The minimum absolute atomic E-state index is 0.0926. The molecule has 1 atom stereocenters. The Morgan fingerprint density at radius 1 is 1.62 bits per heavy atom.